The molecular formula is C16H21F3O. The maximum absolute atomic E-state index is 12.8. The van der Waals surface area contributed by atoms with E-state index in [1.165, 1.54) is 12.1 Å². The minimum Gasteiger partial charge on any atom is -0.494 e. The molecule has 0 aliphatic carbocycles. The molecule has 0 aliphatic rings. The Hall–Kier alpha value is -1.45. The molecular weight excluding hydrogens is 265 g/mol. The van der Waals surface area contributed by atoms with Gasteiger partial charge in [0.15, 0.2) is 0 Å². The van der Waals surface area contributed by atoms with Gasteiger partial charge in [0.1, 0.15) is 5.75 Å². The van der Waals surface area contributed by atoms with Crippen LogP contribution in [0.3, 0.4) is 0 Å². The number of hydrogen-bond donors (Lipinski definition) is 0. The number of benzene rings is 1. The monoisotopic (exact) mass is 286 g/mol. The molecule has 0 aliphatic heterocycles. The smallest absolute Gasteiger partial charge is 0.416 e. The van der Waals surface area contributed by atoms with Crippen LogP contribution in [0.5, 0.6) is 5.75 Å². The summed E-state index contributed by atoms with van der Waals surface area (Å²) in [5.74, 6) is 0.527. The van der Waals surface area contributed by atoms with Gasteiger partial charge in [0.25, 0.3) is 0 Å². The van der Waals surface area contributed by atoms with Crippen LogP contribution in [0.4, 0.5) is 13.2 Å². The van der Waals surface area contributed by atoms with Crippen molar-refractivity contribution in [1.82, 2.24) is 0 Å². The molecule has 4 heteroatoms. The van der Waals surface area contributed by atoms with Gasteiger partial charge in [-0.15, -0.1) is 0 Å². The molecule has 0 saturated carbocycles. The summed E-state index contributed by atoms with van der Waals surface area (Å²) in [5.41, 5.74) is -0.00953. The van der Waals surface area contributed by atoms with Crippen LogP contribution in [0, 0.1) is 0 Å². The van der Waals surface area contributed by atoms with Gasteiger partial charge in [-0.2, -0.15) is 13.2 Å². The average Bonchev–Trinajstić information content (AvgIpc) is 2.38. The van der Waals surface area contributed by atoms with Crippen LogP contribution in [0.15, 0.2) is 30.4 Å². The summed E-state index contributed by atoms with van der Waals surface area (Å²) in [5, 5.41) is 0. The number of allylic oxidation sites excluding steroid dienone is 2. The molecule has 1 atom stereocenters. The molecule has 1 aromatic carbocycles. The van der Waals surface area contributed by atoms with Crippen molar-refractivity contribution in [2.45, 2.75) is 45.7 Å². The Bertz CT molecular complexity index is 450. The molecule has 0 aromatic heterocycles. The highest BCUT2D eigenvalue weighted by molar-refractivity contribution is 5.40. The fourth-order valence-corrected chi connectivity index (χ4v) is 1.99. The molecule has 1 nitrogen and oxygen atoms in total. The van der Waals surface area contributed by atoms with Gasteiger partial charge in [-0.1, -0.05) is 26.0 Å². The number of hydrogen-bond acceptors (Lipinski definition) is 1. The highest BCUT2D eigenvalue weighted by Crippen LogP contribution is 2.36. The van der Waals surface area contributed by atoms with E-state index in [1.54, 1.807) is 0 Å². The Balaban J connectivity index is 3.07. The number of ether oxygens (including phenoxy) is 1. The van der Waals surface area contributed by atoms with Crippen molar-refractivity contribution in [1.29, 1.82) is 0 Å². The molecule has 0 spiro atoms. The van der Waals surface area contributed by atoms with E-state index in [0.29, 0.717) is 24.3 Å². The lowest BCUT2D eigenvalue weighted by atomic mass is 9.94. The van der Waals surface area contributed by atoms with Gasteiger partial charge in [-0.05, 0) is 49.4 Å². The van der Waals surface area contributed by atoms with E-state index in [4.69, 9.17) is 4.74 Å². The zero-order chi connectivity index (χ0) is 15.2. The van der Waals surface area contributed by atoms with Gasteiger partial charge in [-0.25, -0.2) is 0 Å². The van der Waals surface area contributed by atoms with Crippen molar-refractivity contribution in [2.75, 3.05) is 6.61 Å². The van der Waals surface area contributed by atoms with Crippen LogP contribution in [-0.2, 0) is 6.18 Å². The molecule has 0 heterocycles. The van der Waals surface area contributed by atoms with Gasteiger partial charge >= 0.3 is 6.18 Å². The van der Waals surface area contributed by atoms with Gasteiger partial charge < -0.3 is 4.74 Å². The van der Waals surface area contributed by atoms with E-state index in [1.807, 2.05) is 32.9 Å². The second-order valence-electron chi connectivity index (χ2n) is 4.70. The fraction of sp³-hybridized carbons (Fsp3) is 0.500. The zero-order valence-electron chi connectivity index (χ0n) is 12.1. The first kappa shape index (κ1) is 16.6. The first-order valence-electron chi connectivity index (χ1n) is 6.89. The Kier molecular flexibility index (Phi) is 6.11. The Morgan fingerprint density at radius 3 is 2.45 bits per heavy atom. The molecule has 1 unspecified atom stereocenters. The van der Waals surface area contributed by atoms with Crippen LogP contribution in [0.1, 0.15) is 50.7 Å². The van der Waals surface area contributed by atoms with Gasteiger partial charge in [-0.3, -0.25) is 0 Å². The quantitative estimate of drug-likeness (QED) is 0.622. The molecule has 112 valence electrons. The zero-order valence-corrected chi connectivity index (χ0v) is 12.1. The van der Waals surface area contributed by atoms with E-state index in [0.717, 1.165) is 12.5 Å². The van der Waals surface area contributed by atoms with E-state index in [-0.39, 0.29) is 5.92 Å². The number of rotatable bonds is 6. The van der Waals surface area contributed by atoms with Crippen LogP contribution in [-0.4, -0.2) is 6.61 Å². The minimum absolute atomic E-state index is 0.0124. The van der Waals surface area contributed by atoms with Gasteiger partial charge in [0, 0.05) is 0 Å². The molecule has 0 amide bonds. The summed E-state index contributed by atoms with van der Waals surface area (Å²) in [6.07, 6.45) is 1.33. The second kappa shape index (κ2) is 7.36. The van der Waals surface area contributed by atoms with Crippen molar-refractivity contribution < 1.29 is 17.9 Å². The lowest BCUT2D eigenvalue weighted by Gasteiger charge is -2.17. The van der Waals surface area contributed by atoms with Gasteiger partial charge in [0.2, 0.25) is 0 Å². The van der Waals surface area contributed by atoms with Crippen LogP contribution in [0.25, 0.3) is 0 Å². The molecule has 0 bridgehead atoms. The largest absolute Gasteiger partial charge is 0.494 e. The van der Waals surface area contributed by atoms with E-state index >= 15 is 0 Å². The predicted molar refractivity (Wildman–Crippen MR) is 75.1 cm³/mol. The van der Waals surface area contributed by atoms with Crippen molar-refractivity contribution in [3.8, 4) is 5.75 Å². The maximum atomic E-state index is 12.8. The summed E-state index contributed by atoms with van der Waals surface area (Å²) in [7, 11) is 0. The second-order valence-corrected chi connectivity index (χ2v) is 4.70. The van der Waals surface area contributed by atoms with E-state index in [9.17, 15) is 13.2 Å². The Morgan fingerprint density at radius 2 is 1.90 bits per heavy atom. The number of halogens is 3. The highest BCUT2D eigenvalue weighted by atomic mass is 19.4. The topological polar surface area (TPSA) is 9.23 Å². The van der Waals surface area contributed by atoms with Crippen molar-refractivity contribution in [3.63, 3.8) is 0 Å². The third-order valence-corrected chi connectivity index (χ3v) is 3.06. The maximum Gasteiger partial charge on any atom is 0.416 e. The Morgan fingerprint density at radius 1 is 1.20 bits per heavy atom. The Labute approximate surface area is 118 Å². The van der Waals surface area contributed by atoms with Crippen molar-refractivity contribution in [3.05, 3.63) is 41.5 Å². The fourth-order valence-electron chi connectivity index (χ4n) is 1.99. The molecule has 1 aromatic rings. The van der Waals surface area contributed by atoms with Crippen LogP contribution < -0.4 is 4.74 Å². The molecule has 0 fully saturated rings. The highest BCUT2D eigenvalue weighted by Gasteiger charge is 2.31. The first-order valence-corrected chi connectivity index (χ1v) is 6.89. The SMILES string of the molecule is CC/C=C\CC(C)c1cc(C(F)(F)F)ccc1OCC. The minimum atomic E-state index is -4.32. The summed E-state index contributed by atoms with van der Waals surface area (Å²) in [4.78, 5) is 0. The van der Waals surface area contributed by atoms with Crippen molar-refractivity contribution in [2.24, 2.45) is 0 Å². The van der Waals surface area contributed by atoms with Crippen LogP contribution >= 0.6 is 0 Å². The predicted octanol–water partition coefficient (Wildman–Crippen LogP) is 5.56. The summed E-state index contributed by atoms with van der Waals surface area (Å²) in [6, 6.07) is 3.69. The van der Waals surface area contributed by atoms with E-state index in [2.05, 4.69) is 0 Å². The standard InChI is InChI=1S/C16H21F3O/c1-4-6-7-8-12(3)14-11-13(16(17,18)19)9-10-15(14)20-5-2/h6-7,9-12H,4-5,8H2,1-3H3/b7-6-. The van der Waals surface area contributed by atoms with E-state index < -0.39 is 11.7 Å². The molecule has 0 radical (unpaired) electrons. The average molecular weight is 286 g/mol. The summed E-state index contributed by atoms with van der Waals surface area (Å²) in [6.45, 7) is 6.20. The summed E-state index contributed by atoms with van der Waals surface area (Å²) >= 11 is 0. The summed E-state index contributed by atoms with van der Waals surface area (Å²) < 4.78 is 43.8. The third kappa shape index (κ3) is 4.58. The third-order valence-electron chi connectivity index (χ3n) is 3.06. The molecule has 1 rings (SSSR count). The lowest BCUT2D eigenvalue weighted by molar-refractivity contribution is -0.137. The first-order chi connectivity index (χ1) is 9.40. The van der Waals surface area contributed by atoms with Crippen molar-refractivity contribution >= 4 is 0 Å². The number of alkyl halides is 3. The normalized spacial score (nSPS) is 13.7. The van der Waals surface area contributed by atoms with Crippen LogP contribution in [0.2, 0.25) is 0 Å². The lowest BCUT2D eigenvalue weighted by Crippen LogP contribution is -2.08. The molecule has 20 heavy (non-hydrogen) atoms. The molecule has 0 saturated heterocycles. The molecule has 0 N–H and O–H groups in total. The van der Waals surface area contributed by atoms with Gasteiger partial charge in [0.05, 0.1) is 12.2 Å².